The van der Waals surface area contributed by atoms with Crippen LogP contribution in [0.15, 0.2) is 43.1 Å². The van der Waals surface area contributed by atoms with E-state index in [4.69, 9.17) is 15.5 Å². The molecule has 2 aromatic heterocycles. The first-order valence-electron chi connectivity index (χ1n) is 10.5. The standard InChI is InChI=1S/C24H27N5O2S/c1-15-4-5-19(17(3)23(25)30)12-20(15)21-10-18(14-29-6-8-31-9-7-29)11-22(27-21)28-24-26-13-16(2)32-24/h4-5,10-13H,3,6-9,14H2,1-2H3,(H2,25,30)(H,26,27,28). The Hall–Kier alpha value is -3.07. The van der Waals surface area contributed by atoms with Gasteiger partial charge in [0.05, 0.1) is 18.9 Å². The van der Waals surface area contributed by atoms with Crippen LogP contribution in [-0.2, 0) is 16.1 Å². The molecule has 3 aromatic rings. The van der Waals surface area contributed by atoms with Crippen molar-refractivity contribution in [2.45, 2.75) is 20.4 Å². The third-order valence-corrected chi connectivity index (χ3v) is 6.24. The first kappa shape index (κ1) is 22.1. The van der Waals surface area contributed by atoms with Crippen molar-refractivity contribution in [1.29, 1.82) is 0 Å². The summed E-state index contributed by atoms with van der Waals surface area (Å²) in [6, 6.07) is 9.93. The minimum Gasteiger partial charge on any atom is -0.379 e. The number of carbonyl (C=O) groups excluding carboxylic acids is 1. The van der Waals surface area contributed by atoms with Crippen LogP contribution in [0, 0.1) is 13.8 Å². The normalized spacial score (nSPS) is 14.3. The second kappa shape index (κ2) is 9.60. The summed E-state index contributed by atoms with van der Waals surface area (Å²) < 4.78 is 5.49. The number of aromatic nitrogens is 2. The first-order valence-corrected chi connectivity index (χ1v) is 11.3. The molecule has 0 radical (unpaired) electrons. The predicted molar refractivity (Wildman–Crippen MR) is 129 cm³/mol. The largest absolute Gasteiger partial charge is 0.379 e. The highest BCUT2D eigenvalue weighted by Gasteiger charge is 2.15. The van der Waals surface area contributed by atoms with Crippen LogP contribution in [0.25, 0.3) is 16.8 Å². The molecule has 1 aliphatic rings. The predicted octanol–water partition coefficient (Wildman–Crippen LogP) is 3.90. The van der Waals surface area contributed by atoms with Gasteiger partial charge in [-0.05, 0) is 48.7 Å². The van der Waals surface area contributed by atoms with Crippen molar-refractivity contribution in [3.63, 3.8) is 0 Å². The maximum absolute atomic E-state index is 11.6. The molecule has 3 N–H and O–H groups in total. The second-order valence-electron chi connectivity index (χ2n) is 7.91. The van der Waals surface area contributed by atoms with Gasteiger partial charge in [-0.25, -0.2) is 9.97 Å². The summed E-state index contributed by atoms with van der Waals surface area (Å²) in [5.74, 6) is 0.203. The molecule has 1 aromatic carbocycles. The van der Waals surface area contributed by atoms with Crippen LogP contribution in [-0.4, -0.2) is 47.1 Å². The number of morpholine rings is 1. The molecule has 3 heterocycles. The molecule has 166 valence electrons. The zero-order valence-electron chi connectivity index (χ0n) is 18.4. The second-order valence-corrected chi connectivity index (χ2v) is 9.14. The van der Waals surface area contributed by atoms with E-state index in [0.717, 1.165) is 71.1 Å². The Kier molecular flexibility index (Phi) is 6.64. The molecule has 7 nitrogen and oxygen atoms in total. The number of amides is 1. The minimum absolute atomic E-state index is 0.285. The number of hydrogen-bond donors (Lipinski definition) is 2. The molecular weight excluding hydrogens is 422 g/mol. The van der Waals surface area contributed by atoms with Crippen molar-refractivity contribution in [2.75, 3.05) is 31.6 Å². The molecule has 32 heavy (non-hydrogen) atoms. The fraction of sp³-hybridized carbons (Fsp3) is 0.292. The molecule has 0 saturated carbocycles. The van der Waals surface area contributed by atoms with Gasteiger partial charge < -0.3 is 15.8 Å². The van der Waals surface area contributed by atoms with E-state index in [1.54, 1.807) is 11.3 Å². The van der Waals surface area contributed by atoms with Gasteiger partial charge in [-0.15, -0.1) is 11.3 Å². The average Bonchev–Trinajstić information content (AvgIpc) is 3.18. The van der Waals surface area contributed by atoms with E-state index in [0.29, 0.717) is 5.56 Å². The molecule has 1 saturated heterocycles. The summed E-state index contributed by atoms with van der Waals surface area (Å²) in [6.07, 6.45) is 1.84. The van der Waals surface area contributed by atoms with Gasteiger partial charge in [0.25, 0.3) is 0 Å². The number of nitrogens with zero attached hydrogens (tertiary/aromatic N) is 3. The summed E-state index contributed by atoms with van der Waals surface area (Å²) in [7, 11) is 0. The highest BCUT2D eigenvalue weighted by molar-refractivity contribution is 7.15. The van der Waals surface area contributed by atoms with E-state index in [1.165, 1.54) is 0 Å². The van der Waals surface area contributed by atoms with Gasteiger partial charge in [-0.1, -0.05) is 18.7 Å². The van der Waals surface area contributed by atoms with E-state index < -0.39 is 5.91 Å². The van der Waals surface area contributed by atoms with Gasteiger partial charge in [-0.2, -0.15) is 0 Å². The van der Waals surface area contributed by atoms with Gasteiger partial charge in [0.1, 0.15) is 5.82 Å². The number of thiazole rings is 1. The third-order valence-electron chi connectivity index (χ3n) is 5.41. The molecule has 0 atom stereocenters. The van der Waals surface area contributed by atoms with Gasteiger partial charge >= 0.3 is 0 Å². The van der Waals surface area contributed by atoms with Gasteiger partial charge in [0.15, 0.2) is 5.13 Å². The van der Waals surface area contributed by atoms with Crippen molar-refractivity contribution in [2.24, 2.45) is 5.73 Å². The Morgan fingerprint density at radius 1 is 1.25 bits per heavy atom. The number of benzene rings is 1. The molecule has 0 bridgehead atoms. The van der Waals surface area contributed by atoms with Gasteiger partial charge in [0, 0.05) is 41.8 Å². The average molecular weight is 450 g/mol. The summed E-state index contributed by atoms with van der Waals surface area (Å²) in [5.41, 5.74) is 10.4. The monoisotopic (exact) mass is 449 g/mol. The topological polar surface area (TPSA) is 93.4 Å². The van der Waals surface area contributed by atoms with Crippen LogP contribution < -0.4 is 11.1 Å². The SMILES string of the molecule is C=C(C(N)=O)c1ccc(C)c(-c2cc(CN3CCOCC3)cc(Nc3ncc(C)s3)n2)c1. The number of pyridine rings is 1. The van der Waals surface area contributed by atoms with Crippen LogP contribution in [0.5, 0.6) is 0 Å². The van der Waals surface area contributed by atoms with E-state index >= 15 is 0 Å². The highest BCUT2D eigenvalue weighted by Crippen LogP contribution is 2.30. The van der Waals surface area contributed by atoms with Crippen LogP contribution in [0.4, 0.5) is 10.9 Å². The number of anilines is 2. The lowest BCUT2D eigenvalue weighted by atomic mass is 9.97. The molecular formula is C24H27N5O2S. The summed E-state index contributed by atoms with van der Waals surface area (Å²) in [4.78, 5) is 24.4. The summed E-state index contributed by atoms with van der Waals surface area (Å²) in [5, 5.41) is 4.15. The fourth-order valence-electron chi connectivity index (χ4n) is 3.65. The van der Waals surface area contributed by atoms with E-state index in [9.17, 15) is 4.79 Å². The maximum Gasteiger partial charge on any atom is 0.248 e. The number of aryl methyl sites for hydroxylation is 2. The van der Waals surface area contributed by atoms with E-state index in [2.05, 4.69) is 33.9 Å². The van der Waals surface area contributed by atoms with Crippen molar-refractivity contribution in [3.05, 3.63) is 64.7 Å². The lowest BCUT2D eigenvalue weighted by Gasteiger charge is -2.27. The Bertz CT molecular complexity index is 1150. The van der Waals surface area contributed by atoms with Crippen LogP contribution in [0.3, 0.4) is 0 Å². The number of nitrogens with one attached hydrogen (secondary N) is 1. The molecule has 0 aliphatic carbocycles. The Morgan fingerprint density at radius 2 is 2.03 bits per heavy atom. The number of primary amides is 1. The van der Waals surface area contributed by atoms with Crippen LogP contribution >= 0.6 is 11.3 Å². The fourth-order valence-corrected chi connectivity index (χ4v) is 4.32. The zero-order chi connectivity index (χ0) is 22.7. The van der Waals surface area contributed by atoms with Gasteiger partial charge in [-0.3, -0.25) is 9.69 Å². The maximum atomic E-state index is 11.6. The molecule has 1 aliphatic heterocycles. The molecule has 0 spiro atoms. The molecule has 0 unspecified atom stereocenters. The van der Waals surface area contributed by atoms with Gasteiger partial charge in [0.2, 0.25) is 5.91 Å². The number of hydrogen-bond acceptors (Lipinski definition) is 7. The van der Waals surface area contributed by atoms with E-state index in [1.807, 2.05) is 38.2 Å². The Labute approximate surface area is 192 Å². The zero-order valence-corrected chi connectivity index (χ0v) is 19.2. The summed E-state index contributed by atoms with van der Waals surface area (Å²) >= 11 is 1.59. The first-order chi connectivity index (χ1) is 15.4. The van der Waals surface area contributed by atoms with E-state index in [-0.39, 0.29) is 5.57 Å². The Morgan fingerprint density at radius 3 is 2.72 bits per heavy atom. The van der Waals surface area contributed by atoms with Crippen molar-refractivity contribution in [1.82, 2.24) is 14.9 Å². The number of ether oxygens (including phenoxy) is 1. The van der Waals surface area contributed by atoms with Crippen LogP contribution in [0.2, 0.25) is 0 Å². The van der Waals surface area contributed by atoms with Crippen LogP contribution in [0.1, 0.15) is 21.6 Å². The number of carbonyl (C=O) groups is 1. The third kappa shape index (κ3) is 5.21. The van der Waals surface area contributed by atoms with Crippen molar-refractivity contribution < 1.29 is 9.53 Å². The van der Waals surface area contributed by atoms with Crippen molar-refractivity contribution in [3.8, 4) is 11.3 Å². The number of nitrogens with two attached hydrogens (primary N) is 1. The smallest absolute Gasteiger partial charge is 0.248 e. The lowest BCUT2D eigenvalue weighted by Crippen LogP contribution is -2.35. The molecule has 1 amide bonds. The number of rotatable bonds is 7. The quantitative estimate of drug-likeness (QED) is 0.532. The lowest BCUT2D eigenvalue weighted by molar-refractivity contribution is -0.112. The Balaban J connectivity index is 1.73. The molecule has 8 heteroatoms. The summed E-state index contributed by atoms with van der Waals surface area (Å²) in [6.45, 7) is 12.0. The highest BCUT2D eigenvalue weighted by atomic mass is 32.1. The van der Waals surface area contributed by atoms with Crippen molar-refractivity contribution >= 4 is 33.8 Å². The molecule has 4 rings (SSSR count). The molecule has 1 fully saturated rings. The minimum atomic E-state index is -0.532.